The van der Waals surface area contributed by atoms with Crippen molar-refractivity contribution in [3.8, 4) is 0 Å². The molecule has 1 atom stereocenters. The lowest BCUT2D eigenvalue weighted by molar-refractivity contribution is -0.0454. The summed E-state index contributed by atoms with van der Waals surface area (Å²) in [6.07, 6.45) is 1.32. The van der Waals surface area contributed by atoms with E-state index >= 15 is 0 Å². The Labute approximate surface area is 136 Å². The van der Waals surface area contributed by atoms with E-state index in [4.69, 9.17) is 9.47 Å². The van der Waals surface area contributed by atoms with Crippen molar-refractivity contribution >= 4 is 17.1 Å². The lowest BCUT2D eigenvalue weighted by Gasteiger charge is -2.34. The molecule has 0 N–H and O–H groups in total. The van der Waals surface area contributed by atoms with Crippen molar-refractivity contribution in [1.29, 1.82) is 0 Å². The van der Waals surface area contributed by atoms with Crippen molar-refractivity contribution < 1.29 is 14.3 Å². The summed E-state index contributed by atoms with van der Waals surface area (Å²) in [4.78, 5) is 18.4. The summed E-state index contributed by atoms with van der Waals surface area (Å²) in [5.74, 6) is 0. The van der Waals surface area contributed by atoms with Gasteiger partial charge in [-0.05, 0) is 39.0 Å². The largest absolute Gasteiger partial charge is 0.444 e. The molecule has 124 valence electrons. The van der Waals surface area contributed by atoms with Gasteiger partial charge in [0.25, 0.3) is 0 Å². The van der Waals surface area contributed by atoms with Gasteiger partial charge in [-0.1, -0.05) is 0 Å². The van der Waals surface area contributed by atoms with Gasteiger partial charge >= 0.3 is 6.09 Å². The fourth-order valence-corrected chi connectivity index (χ4v) is 2.81. The molecule has 0 bridgehead atoms. The molecular formula is C17H23N3O3. The Balaban J connectivity index is 1.80. The predicted molar refractivity (Wildman–Crippen MR) is 87.2 cm³/mol. The van der Waals surface area contributed by atoms with E-state index < -0.39 is 5.60 Å². The molecule has 2 aromatic heterocycles. The Morgan fingerprint density at radius 1 is 1.43 bits per heavy atom. The fraction of sp³-hybridized carbons (Fsp3) is 0.529. The third kappa shape index (κ3) is 3.32. The fourth-order valence-electron chi connectivity index (χ4n) is 2.81. The van der Waals surface area contributed by atoms with Crippen molar-refractivity contribution in [2.75, 3.05) is 19.7 Å². The summed E-state index contributed by atoms with van der Waals surface area (Å²) in [5, 5.41) is 0. The van der Waals surface area contributed by atoms with E-state index in [1.165, 1.54) is 0 Å². The second-order valence-electron chi connectivity index (χ2n) is 6.82. The number of aromatic nitrogens is 2. The van der Waals surface area contributed by atoms with Crippen LogP contribution in [0.1, 0.15) is 32.6 Å². The zero-order chi connectivity index (χ0) is 16.6. The van der Waals surface area contributed by atoms with Crippen LogP contribution in [0.2, 0.25) is 0 Å². The highest BCUT2D eigenvalue weighted by Gasteiger charge is 2.30. The zero-order valence-corrected chi connectivity index (χ0v) is 14.1. The Hall–Kier alpha value is -2.08. The van der Waals surface area contributed by atoms with Gasteiger partial charge in [-0.2, -0.15) is 0 Å². The first kappa shape index (κ1) is 15.8. The van der Waals surface area contributed by atoms with Gasteiger partial charge in [0.05, 0.1) is 29.9 Å². The van der Waals surface area contributed by atoms with Gasteiger partial charge in [-0.15, -0.1) is 0 Å². The molecule has 3 heterocycles. The molecule has 0 radical (unpaired) electrons. The Morgan fingerprint density at radius 2 is 2.22 bits per heavy atom. The quantitative estimate of drug-likeness (QED) is 0.811. The maximum Gasteiger partial charge on any atom is 0.410 e. The molecule has 1 amide bonds. The van der Waals surface area contributed by atoms with Crippen LogP contribution in [0.25, 0.3) is 11.0 Å². The molecule has 3 rings (SSSR count). The van der Waals surface area contributed by atoms with Crippen LogP contribution in [-0.4, -0.2) is 45.8 Å². The minimum Gasteiger partial charge on any atom is -0.444 e. The van der Waals surface area contributed by atoms with Gasteiger partial charge in [-0.3, -0.25) is 4.98 Å². The topological polar surface area (TPSA) is 56.6 Å². The van der Waals surface area contributed by atoms with Crippen molar-refractivity contribution in [3.05, 3.63) is 30.1 Å². The number of fused-ring (bicyclic) bond motifs is 1. The van der Waals surface area contributed by atoms with E-state index in [0.29, 0.717) is 19.7 Å². The molecular weight excluding hydrogens is 294 g/mol. The number of ether oxygens (including phenoxy) is 2. The first-order valence-electron chi connectivity index (χ1n) is 7.85. The molecule has 1 aliphatic heterocycles. The smallest absolute Gasteiger partial charge is 0.410 e. The molecule has 1 saturated heterocycles. The highest BCUT2D eigenvalue weighted by molar-refractivity contribution is 5.77. The number of aryl methyl sites for hydroxylation is 1. The van der Waals surface area contributed by atoms with E-state index in [9.17, 15) is 4.79 Å². The van der Waals surface area contributed by atoms with Crippen LogP contribution in [0.3, 0.4) is 0 Å². The van der Waals surface area contributed by atoms with E-state index in [1.807, 2.05) is 46.0 Å². The van der Waals surface area contributed by atoms with E-state index in [2.05, 4.69) is 9.55 Å². The maximum absolute atomic E-state index is 12.3. The molecule has 23 heavy (non-hydrogen) atoms. The molecule has 1 aliphatic rings. The van der Waals surface area contributed by atoms with Crippen LogP contribution >= 0.6 is 0 Å². The highest BCUT2D eigenvalue weighted by atomic mass is 16.6. The van der Waals surface area contributed by atoms with Crippen LogP contribution in [0.4, 0.5) is 4.79 Å². The van der Waals surface area contributed by atoms with Gasteiger partial charge in [-0.25, -0.2) is 4.79 Å². The van der Waals surface area contributed by atoms with Crippen molar-refractivity contribution in [2.24, 2.45) is 7.05 Å². The van der Waals surface area contributed by atoms with Crippen LogP contribution in [0.15, 0.2) is 24.4 Å². The maximum atomic E-state index is 12.3. The number of pyridine rings is 1. The number of nitrogens with zero attached hydrogens (tertiary/aromatic N) is 3. The second-order valence-corrected chi connectivity index (χ2v) is 6.82. The lowest BCUT2D eigenvalue weighted by atomic mass is 10.2. The lowest BCUT2D eigenvalue weighted by Crippen LogP contribution is -2.45. The zero-order valence-electron chi connectivity index (χ0n) is 14.1. The van der Waals surface area contributed by atoms with Crippen LogP contribution < -0.4 is 0 Å². The van der Waals surface area contributed by atoms with Crippen molar-refractivity contribution in [2.45, 2.75) is 32.5 Å². The predicted octanol–water partition coefficient (Wildman–Crippen LogP) is 2.88. The first-order chi connectivity index (χ1) is 10.8. The number of rotatable bonds is 1. The van der Waals surface area contributed by atoms with Crippen LogP contribution in [0, 0.1) is 0 Å². The summed E-state index contributed by atoms with van der Waals surface area (Å²) in [6.45, 7) is 7.15. The highest BCUT2D eigenvalue weighted by Crippen LogP contribution is 2.27. The summed E-state index contributed by atoms with van der Waals surface area (Å²) >= 11 is 0. The van der Waals surface area contributed by atoms with Crippen LogP contribution in [0.5, 0.6) is 0 Å². The van der Waals surface area contributed by atoms with E-state index in [1.54, 1.807) is 11.1 Å². The normalized spacial score (nSPS) is 19.1. The van der Waals surface area contributed by atoms with Gasteiger partial charge in [0.1, 0.15) is 11.7 Å². The molecule has 0 aromatic carbocycles. The first-order valence-corrected chi connectivity index (χ1v) is 7.85. The minimum absolute atomic E-state index is 0.171. The van der Waals surface area contributed by atoms with Crippen molar-refractivity contribution in [3.63, 3.8) is 0 Å². The third-order valence-electron chi connectivity index (χ3n) is 3.90. The number of carbonyl (C=O) groups excluding carboxylic acids is 1. The molecule has 6 nitrogen and oxygen atoms in total. The SMILES string of the molecule is Cn1c(C2CN(C(=O)OC(C)(C)C)CCO2)cc2ncccc21. The number of hydrogen-bond donors (Lipinski definition) is 0. The molecule has 0 spiro atoms. The standard InChI is InChI=1S/C17H23N3O3/c1-17(2,3)23-16(21)20-8-9-22-15(11-20)14-10-12-13(19(14)4)6-5-7-18-12/h5-7,10,15H,8-9,11H2,1-4H3. The molecule has 1 unspecified atom stereocenters. The summed E-state index contributed by atoms with van der Waals surface area (Å²) in [7, 11) is 2.00. The molecule has 1 fully saturated rings. The van der Waals surface area contributed by atoms with Gasteiger partial charge in [0, 0.05) is 19.8 Å². The molecule has 6 heteroatoms. The number of carbonyl (C=O) groups is 1. The second kappa shape index (κ2) is 5.85. The van der Waals surface area contributed by atoms with Crippen LogP contribution in [-0.2, 0) is 16.5 Å². The number of hydrogen-bond acceptors (Lipinski definition) is 4. The number of morpholine rings is 1. The molecule has 0 saturated carbocycles. The van der Waals surface area contributed by atoms with Gasteiger partial charge in [0.15, 0.2) is 0 Å². The summed E-state index contributed by atoms with van der Waals surface area (Å²) in [6, 6.07) is 5.97. The summed E-state index contributed by atoms with van der Waals surface area (Å²) < 4.78 is 13.4. The molecule has 2 aromatic rings. The average molecular weight is 317 g/mol. The minimum atomic E-state index is -0.492. The Kier molecular flexibility index (Phi) is 4.02. The van der Waals surface area contributed by atoms with E-state index in [-0.39, 0.29) is 12.2 Å². The number of amides is 1. The Bertz CT molecular complexity index is 717. The van der Waals surface area contributed by atoms with E-state index in [0.717, 1.165) is 16.7 Å². The average Bonchev–Trinajstić information content (AvgIpc) is 2.83. The monoisotopic (exact) mass is 317 g/mol. The third-order valence-corrected chi connectivity index (χ3v) is 3.90. The van der Waals surface area contributed by atoms with Gasteiger partial charge < -0.3 is 18.9 Å². The summed E-state index contributed by atoms with van der Waals surface area (Å²) in [5.41, 5.74) is 2.52. The Morgan fingerprint density at radius 3 is 2.91 bits per heavy atom. The van der Waals surface area contributed by atoms with Crippen molar-refractivity contribution in [1.82, 2.24) is 14.5 Å². The molecule has 0 aliphatic carbocycles. The van der Waals surface area contributed by atoms with Gasteiger partial charge in [0.2, 0.25) is 0 Å².